The lowest BCUT2D eigenvalue weighted by Crippen LogP contribution is -2.20. The topological polar surface area (TPSA) is 89.6 Å². The molecule has 1 atom stereocenters. The van der Waals surface area contributed by atoms with Gasteiger partial charge in [-0.3, -0.25) is 14.9 Å². The molecule has 1 unspecified atom stereocenters. The van der Waals surface area contributed by atoms with Crippen molar-refractivity contribution in [1.82, 2.24) is 4.98 Å². The van der Waals surface area contributed by atoms with Gasteiger partial charge in [0.15, 0.2) is 16.6 Å². The zero-order valence-electron chi connectivity index (χ0n) is 17.2. The van der Waals surface area contributed by atoms with Gasteiger partial charge in [0.2, 0.25) is 12.7 Å². The van der Waals surface area contributed by atoms with Gasteiger partial charge < -0.3 is 14.8 Å². The molecule has 0 saturated heterocycles. The van der Waals surface area contributed by atoms with Crippen LogP contribution >= 0.6 is 11.3 Å². The van der Waals surface area contributed by atoms with Crippen LogP contribution in [0, 0.1) is 13.8 Å². The molecule has 3 aromatic rings. The molecule has 2 N–H and O–H groups in total. The summed E-state index contributed by atoms with van der Waals surface area (Å²) < 4.78 is 10.6. The molecule has 2 amide bonds. The van der Waals surface area contributed by atoms with E-state index in [1.807, 2.05) is 32.0 Å². The highest BCUT2D eigenvalue weighted by molar-refractivity contribution is 7.16. The standard InChI is InChI=1S/C23H21N3O4S/c1-12-3-5-15(9-13(12)2)24-22(28)16-6-8-19-20(16)25-23(31-19)26-21(27)14-4-7-17-18(10-14)30-11-29-17/h3-5,7,9-10,16H,6,8,11H2,1-2H3,(H,24,28)(H,25,26,27). The third kappa shape index (κ3) is 3.74. The van der Waals surface area contributed by atoms with E-state index in [0.717, 1.165) is 34.7 Å². The van der Waals surface area contributed by atoms with Crippen LogP contribution < -0.4 is 20.1 Å². The second-order valence-corrected chi connectivity index (χ2v) is 8.81. The van der Waals surface area contributed by atoms with Crippen LogP contribution in [-0.4, -0.2) is 23.6 Å². The van der Waals surface area contributed by atoms with Gasteiger partial charge in [0.05, 0.1) is 11.6 Å². The summed E-state index contributed by atoms with van der Waals surface area (Å²) in [5.41, 5.74) is 4.32. The Morgan fingerprint density at radius 3 is 2.71 bits per heavy atom. The van der Waals surface area contributed by atoms with E-state index in [1.54, 1.807) is 18.2 Å². The molecule has 7 nitrogen and oxygen atoms in total. The van der Waals surface area contributed by atoms with Gasteiger partial charge in [-0.15, -0.1) is 11.3 Å². The minimum atomic E-state index is -0.316. The number of amides is 2. The predicted octanol–water partition coefficient (Wildman–Crippen LogP) is 4.41. The summed E-state index contributed by atoms with van der Waals surface area (Å²) in [6, 6.07) is 10.9. The van der Waals surface area contributed by atoms with Gasteiger partial charge in [-0.25, -0.2) is 4.98 Å². The van der Waals surface area contributed by atoms with E-state index < -0.39 is 0 Å². The van der Waals surface area contributed by atoms with Crippen molar-refractivity contribution in [2.24, 2.45) is 0 Å². The number of rotatable bonds is 4. The molecule has 1 aromatic heterocycles. The number of aryl methyl sites for hydroxylation is 3. The third-order valence-corrected chi connectivity index (χ3v) is 6.71. The highest BCUT2D eigenvalue weighted by Gasteiger charge is 2.33. The van der Waals surface area contributed by atoms with Gasteiger partial charge in [0.25, 0.3) is 5.91 Å². The average Bonchev–Trinajstić information content (AvgIpc) is 3.45. The van der Waals surface area contributed by atoms with E-state index in [4.69, 9.17) is 9.47 Å². The van der Waals surface area contributed by atoms with Gasteiger partial charge >= 0.3 is 0 Å². The minimum absolute atomic E-state index is 0.0686. The molecule has 0 radical (unpaired) electrons. The molecule has 0 bridgehead atoms. The molecule has 8 heteroatoms. The first-order valence-corrected chi connectivity index (χ1v) is 10.9. The Morgan fingerprint density at radius 1 is 1.03 bits per heavy atom. The first-order valence-electron chi connectivity index (χ1n) is 10.1. The highest BCUT2D eigenvalue weighted by atomic mass is 32.1. The molecule has 2 aromatic carbocycles. The summed E-state index contributed by atoms with van der Waals surface area (Å²) in [4.78, 5) is 31.1. The molecule has 2 heterocycles. The molecule has 1 aliphatic carbocycles. The van der Waals surface area contributed by atoms with E-state index >= 15 is 0 Å². The summed E-state index contributed by atoms with van der Waals surface area (Å²) >= 11 is 1.42. The van der Waals surface area contributed by atoms with Crippen molar-refractivity contribution < 1.29 is 19.1 Å². The van der Waals surface area contributed by atoms with E-state index in [2.05, 4.69) is 15.6 Å². The maximum Gasteiger partial charge on any atom is 0.257 e. The normalized spacial score (nSPS) is 16.1. The van der Waals surface area contributed by atoms with Crippen LogP contribution in [0.3, 0.4) is 0 Å². The number of nitrogens with zero attached hydrogens (tertiary/aromatic N) is 1. The fraction of sp³-hybridized carbons (Fsp3) is 0.261. The minimum Gasteiger partial charge on any atom is -0.454 e. The molecule has 0 fully saturated rings. The lowest BCUT2D eigenvalue weighted by atomic mass is 10.1. The lowest BCUT2D eigenvalue weighted by Gasteiger charge is -2.12. The monoisotopic (exact) mass is 435 g/mol. The smallest absolute Gasteiger partial charge is 0.257 e. The second kappa shape index (κ2) is 7.70. The van der Waals surface area contributed by atoms with Crippen LogP contribution in [-0.2, 0) is 11.2 Å². The lowest BCUT2D eigenvalue weighted by molar-refractivity contribution is -0.117. The molecule has 1 aliphatic heterocycles. The number of hydrogen-bond acceptors (Lipinski definition) is 6. The number of benzene rings is 2. The van der Waals surface area contributed by atoms with Crippen molar-refractivity contribution in [3.8, 4) is 11.5 Å². The Balaban J connectivity index is 1.29. The quantitative estimate of drug-likeness (QED) is 0.634. The molecular weight excluding hydrogens is 414 g/mol. The molecule has 5 rings (SSSR count). The van der Waals surface area contributed by atoms with Gasteiger partial charge in [0, 0.05) is 16.1 Å². The van der Waals surface area contributed by atoms with Crippen molar-refractivity contribution in [1.29, 1.82) is 0 Å². The van der Waals surface area contributed by atoms with Crippen molar-refractivity contribution in [2.45, 2.75) is 32.6 Å². The summed E-state index contributed by atoms with van der Waals surface area (Å²) in [5, 5.41) is 6.34. The first kappa shape index (κ1) is 19.6. The van der Waals surface area contributed by atoms with Crippen molar-refractivity contribution in [3.05, 3.63) is 63.7 Å². The zero-order chi connectivity index (χ0) is 21.5. The summed E-state index contributed by atoms with van der Waals surface area (Å²) in [6.07, 6.45) is 1.50. The number of ether oxygens (including phenoxy) is 2. The van der Waals surface area contributed by atoms with E-state index in [-0.39, 0.29) is 24.5 Å². The Labute approximate surface area is 183 Å². The van der Waals surface area contributed by atoms with Gasteiger partial charge in [-0.05, 0) is 68.1 Å². The maximum absolute atomic E-state index is 12.9. The van der Waals surface area contributed by atoms with Crippen molar-refractivity contribution in [3.63, 3.8) is 0 Å². The van der Waals surface area contributed by atoms with Crippen molar-refractivity contribution >= 4 is 34.0 Å². The predicted molar refractivity (Wildman–Crippen MR) is 118 cm³/mol. The highest BCUT2D eigenvalue weighted by Crippen LogP contribution is 2.39. The molecule has 2 aliphatic rings. The average molecular weight is 436 g/mol. The van der Waals surface area contributed by atoms with E-state index in [0.29, 0.717) is 22.2 Å². The largest absolute Gasteiger partial charge is 0.454 e. The summed E-state index contributed by atoms with van der Waals surface area (Å²) in [6.45, 7) is 4.22. The number of carbonyl (C=O) groups is 2. The first-order chi connectivity index (χ1) is 15.0. The van der Waals surface area contributed by atoms with Crippen LogP contribution in [0.5, 0.6) is 11.5 Å². The number of hydrogen-bond donors (Lipinski definition) is 2. The summed E-state index contributed by atoms with van der Waals surface area (Å²) in [5.74, 6) is 0.520. The van der Waals surface area contributed by atoms with E-state index in [1.165, 1.54) is 16.9 Å². The molecule has 31 heavy (non-hydrogen) atoms. The van der Waals surface area contributed by atoms with Crippen molar-refractivity contribution in [2.75, 3.05) is 17.4 Å². The van der Waals surface area contributed by atoms with Crippen LogP contribution in [0.2, 0.25) is 0 Å². The van der Waals surface area contributed by atoms with Gasteiger partial charge in [0.1, 0.15) is 0 Å². The number of aromatic nitrogens is 1. The Morgan fingerprint density at radius 2 is 1.87 bits per heavy atom. The van der Waals surface area contributed by atoms with Crippen LogP contribution in [0.15, 0.2) is 36.4 Å². The molecule has 0 saturated carbocycles. The molecule has 0 spiro atoms. The Kier molecular flexibility index (Phi) is 4.86. The number of thiazole rings is 1. The molecular formula is C23H21N3O4S. The number of anilines is 2. The van der Waals surface area contributed by atoms with Crippen LogP contribution in [0.4, 0.5) is 10.8 Å². The Bertz CT molecular complexity index is 1200. The van der Waals surface area contributed by atoms with Gasteiger partial charge in [-0.1, -0.05) is 6.07 Å². The SMILES string of the molecule is Cc1ccc(NC(=O)C2CCc3sc(NC(=O)c4ccc5c(c4)OCO5)nc32)cc1C. The zero-order valence-corrected chi connectivity index (χ0v) is 18.0. The second-order valence-electron chi connectivity index (χ2n) is 7.73. The number of carbonyl (C=O) groups excluding carboxylic acids is 2. The van der Waals surface area contributed by atoms with Crippen LogP contribution in [0.25, 0.3) is 0 Å². The fourth-order valence-electron chi connectivity index (χ4n) is 3.79. The molecule has 158 valence electrons. The third-order valence-electron chi connectivity index (χ3n) is 5.66. The Hall–Kier alpha value is -3.39. The summed E-state index contributed by atoms with van der Waals surface area (Å²) in [7, 11) is 0. The number of nitrogens with one attached hydrogen (secondary N) is 2. The van der Waals surface area contributed by atoms with Crippen LogP contribution in [0.1, 0.15) is 44.4 Å². The fourth-order valence-corrected chi connectivity index (χ4v) is 4.82. The maximum atomic E-state index is 12.9. The van der Waals surface area contributed by atoms with Gasteiger partial charge in [-0.2, -0.15) is 0 Å². The number of fused-ring (bicyclic) bond motifs is 2. The van der Waals surface area contributed by atoms with E-state index in [9.17, 15) is 9.59 Å².